The molecule has 0 heterocycles. The highest BCUT2D eigenvalue weighted by atomic mass is 16.5. The zero-order valence-electron chi connectivity index (χ0n) is 15.7. The first-order chi connectivity index (χ1) is 13.1. The molecule has 0 aliphatic rings. The number of benzene rings is 2. The smallest absolute Gasteiger partial charge is 0.220 e. The maximum atomic E-state index is 12.1. The molecule has 2 rings (SSSR count). The third kappa shape index (κ3) is 7.01. The quantitative estimate of drug-likeness (QED) is 0.485. The summed E-state index contributed by atoms with van der Waals surface area (Å²) in [5.74, 6) is 2.13. The molecule has 0 unspecified atom stereocenters. The fourth-order valence-electron chi connectivity index (χ4n) is 2.45. The third-order valence-corrected chi connectivity index (χ3v) is 3.97. The summed E-state index contributed by atoms with van der Waals surface area (Å²) in [5, 5.41) is 2.79. The molecule has 6 nitrogen and oxygen atoms in total. The largest absolute Gasteiger partial charge is 0.497 e. The average molecular weight is 371 g/mol. The lowest BCUT2D eigenvalue weighted by Crippen LogP contribution is -2.27. The van der Waals surface area contributed by atoms with Gasteiger partial charge < -0.3 is 19.5 Å². The molecule has 27 heavy (non-hydrogen) atoms. The van der Waals surface area contributed by atoms with Gasteiger partial charge in [-0.1, -0.05) is 0 Å². The molecular weight excluding hydrogens is 346 g/mol. The first kappa shape index (κ1) is 20.3. The summed E-state index contributed by atoms with van der Waals surface area (Å²) >= 11 is 0. The fraction of sp³-hybridized carbons (Fsp3) is 0.333. The van der Waals surface area contributed by atoms with Crippen LogP contribution in [0.3, 0.4) is 0 Å². The van der Waals surface area contributed by atoms with Crippen LogP contribution in [-0.2, 0) is 4.79 Å². The fourth-order valence-corrected chi connectivity index (χ4v) is 2.45. The van der Waals surface area contributed by atoms with Crippen LogP contribution < -0.4 is 19.5 Å². The summed E-state index contributed by atoms with van der Waals surface area (Å²) in [6.07, 6.45) is 1.16. The van der Waals surface area contributed by atoms with E-state index in [0.717, 1.165) is 11.5 Å². The lowest BCUT2D eigenvalue weighted by Gasteiger charge is -2.08. The van der Waals surface area contributed by atoms with Gasteiger partial charge >= 0.3 is 0 Å². The molecule has 0 saturated heterocycles. The van der Waals surface area contributed by atoms with E-state index in [1.165, 1.54) is 0 Å². The highest BCUT2D eigenvalue weighted by Crippen LogP contribution is 2.16. The van der Waals surface area contributed by atoms with Crippen LogP contribution in [0.2, 0.25) is 0 Å². The number of Topliss-reactive ketones (excluding diaryl/α,β-unsaturated/α-hetero) is 1. The number of carbonyl (C=O) groups is 2. The predicted octanol–water partition coefficient (Wildman–Crippen LogP) is 3.25. The molecule has 0 aromatic heterocycles. The second kappa shape index (κ2) is 10.9. The number of ether oxygens (including phenoxy) is 3. The van der Waals surface area contributed by atoms with Crippen molar-refractivity contribution < 1.29 is 23.8 Å². The van der Waals surface area contributed by atoms with Crippen molar-refractivity contribution in [1.29, 1.82) is 0 Å². The van der Waals surface area contributed by atoms with Crippen molar-refractivity contribution in [1.82, 2.24) is 5.32 Å². The Bertz CT molecular complexity index is 725. The SMILES string of the molecule is COc1ccc(OCCNC(=O)CCCC(=O)c2ccc(OC)cc2)cc1. The highest BCUT2D eigenvalue weighted by molar-refractivity contribution is 5.96. The van der Waals surface area contributed by atoms with E-state index in [1.807, 2.05) is 24.3 Å². The van der Waals surface area contributed by atoms with Crippen LogP contribution in [-0.4, -0.2) is 39.1 Å². The molecule has 0 aliphatic carbocycles. The van der Waals surface area contributed by atoms with Crippen molar-refractivity contribution in [3.05, 3.63) is 54.1 Å². The number of rotatable bonds is 11. The number of ketones is 1. The summed E-state index contributed by atoms with van der Waals surface area (Å²) in [6, 6.07) is 14.2. The van der Waals surface area contributed by atoms with Gasteiger partial charge in [0, 0.05) is 18.4 Å². The molecule has 2 aromatic carbocycles. The molecule has 0 radical (unpaired) electrons. The normalized spacial score (nSPS) is 10.1. The van der Waals surface area contributed by atoms with Crippen molar-refractivity contribution >= 4 is 11.7 Å². The Balaban J connectivity index is 1.59. The van der Waals surface area contributed by atoms with Gasteiger partial charge in [-0.3, -0.25) is 9.59 Å². The summed E-state index contributed by atoms with van der Waals surface area (Å²) in [7, 11) is 3.19. The van der Waals surface area contributed by atoms with E-state index < -0.39 is 0 Å². The standard InChI is InChI=1S/C21H25NO5/c1-25-17-8-6-16(7-9-17)20(23)4-3-5-21(24)22-14-15-27-19-12-10-18(26-2)11-13-19/h6-13H,3-5,14-15H2,1-2H3,(H,22,24). The van der Waals surface area contributed by atoms with E-state index in [2.05, 4.69) is 5.32 Å². The minimum Gasteiger partial charge on any atom is -0.497 e. The van der Waals surface area contributed by atoms with Crippen LogP contribution in [0.1, 0.15) is 29.6 Å². The van der Waals surface area contributed by atoms with E-state index in [0.29, 0.717) is 43.7 Å². The van der Waals surface area contributed by atoms with Gasteiger partial charge in [-0.2, -0.15) is 0 Å². The Morgan fingerprint density at radius 3 is 1.96 bits per heavy atom. The number of carbonyl (C=O) groups excluding carboxylic acids is 2. The summed E-state index contributed by atoms with van der Waals surface area (Å²) in [6.45, 7) is 0.792. The Hall–Kier alpha value is -3.02. The van der Waals surface area contributed by atoms with Crippen molar-refractivity contribution in [2.45, 2.75) is 19.3 Å². The number of hydrogen-bond donors (Lipinski definition) is 1. The second-order valence-corrected chi connectivity index (χ2v) is 5.88. The summed E-state index contributed by atoms with van der Waals surface area (Å²) in [4.78, 5) is 23.9. The lowest BCUT2D eigenvalue weighted by atomic mass is 10.1. The third-order valence-electron chi connectivity index (χ3n) is 3.97. The maximum Gasteiger partial charge on any atom is 0.220 e. The number of nitrogens with one attached hydrogen (secondary N) is 1. The van der Waals surface area contributed by atoms with Crippen molar-refractivity contribution in [3.63, 3.8) is 0 Å². The molecule has 0 bridgehead atoms. The highest BCUT2D eigenvalue weighted by Gasteiger charge is 2.08. The number of methoxy groups -OCH3 is 2. The molecule has 0 aliphatic heterocycles. The van der Waals surface area contributed by atoms with Gasteiger partial charge in [-0.15, -0.1) is 0 Å². The van der Waals surface area contributed by atoms with Crippen LogP contribution in [0.25, 0.3) is 0 Å². The maximum absolute atomic E-state index is 12.1. The molecular formula is C21H25NO5. The summed E-state index contributed by atoms with van der Waals surface area (Å²) < 4.78 is 15.7. The van der Waals surface area contributed by atoms with Gasteiger partial charge in [-0.25, -0.2) is 0 Å². The predicted molar refractivity (Wildman–Crippen MR) is 103 cm³/mol. The number of amides is 1. The Kier molecular flexibility index (Phi) is 8.16. The Morgan fingerprint density at radius 2 is 1.37 bits per heavy atom. The minimum absolute atomic E-state index is 0.0216. The summed E-state index contributed by atoms with van der Waals surface area (Å²) in [5.41, 5.74) is 0.629. The Morgan fingerprint density at radius 1 is 0.815 bits per heavy atom. The molecule has 0 spiro atoms. The molecule has 0 saturated carbocycles. The minimum atomic E-state index is -0.0872. The Labute approximate surface area is 159 Å². The van der Waals surface area contributed by atoms with Gasteiger partial charge in [-0.05, 0) is 55.0 Å². The van der Waals surface area contributed by atoms with Crippen LogP contribution >= 0.6 is 0 Å². The monoisotopic (exact) mass is 371 g/mol. The van der Waals surface area contributed by atoms with Gasteiger partial charge in [0.05, 0.1) is 20.8 Å². The van der Waals surface area contributed by atoms with Gasteiger partial charge in [0.25, 0.3) is 0 Å². The van der Waals surface area contributed by atoms with Crippen LogP contribution in [0.15, 0.2) is 48.5 Å². The van der Waals surface area contributed by atoms with E-state index >= 15 is 0 Å². The topological polar surface area (TPSA) is 73.9 Å². The van der Waals surface area contributed by atoms with E-state index in [4.69, 9.17) is 14.2 Å². The molecule has 6 heteroatoms. The number of hydrogen-bond acceptors (Lipinski definition) is 5. The van der Waals surface area contributed by atoms with Crippen molar-refractivity contribution in [3.8, 4) is 17.2 Å². The van der Waals surface area contributed by atoms with Gasteiger partial charge in [0.1, 0.15) is 23.9 Å². The van der Waals surface area contributed by atoms with Crippen LogP contribution in [0.5, 0.6) is 17.2 Å². The lowest BCUT2D eigenvalue weighted by molar-refractivity contribution is -0.121. The zero-order valence-corrected chi connectivity index (χ0v) is 15.7. The van der Waals surface area contributed by atoms with E-state index in [9.17, 15) is 9.59 Å². The first-order valence-electron chi connectivity index (χ1n) is 8.83. The van der Waals surface area contributed by atoms with Crippen molar-refractivity contribution in [2.24, 2.45) is 0 Å². The first-order valence-corrected chi connectivity index (χ1v) is 8.83. The van der Waals surface area contributed by atoms with Gasteiger partial charge in [0.2, 0.25) is 5.91 Å². The molecule has 0 fully saturated rings. The van der Waals surface area contributed by atoms with Crippen LogP contribution in [0, 0.1) is 0 Å². The van der Waals surface area contributed by atoms with E-state index in [-0.39, 0.29) is 11.7 Å². The molecule has 2 aromatic rings. The molecule has 1 N–H and O–H groups in total. The van der Waals surface area contributed by atoms with Crippen LogP contribution in [0.4, 0.5) is 0 Å². The molecule has 0 atom stereocenters. The second-order valence-electron chi connectivity index (χ2n) is 5.88. The molecule has 1 amide bonds. The zero-order chi connectivity index (χ0) is 19.5. The van der Waals surface area contributed by atoms with Gasteiger partial charge in [0.15, 0.2) is 5.78 Å². The van der Waals surface area contributed by atoms with E-state index in [1.54, 1.807) is 38.5 Å². The van der Waals surface area contributed by atoms with Crippen molar-refractivity contribution in [2.75, 3.05) is 27.4 Å². The molecule has 144 valence electrons. The average Bonchev–Trinajstić information content (AvgIpc) is 2.71.